The van der Waals surface area contributed by atoms with Gasteiger partial charge in [-0.05, 0) is 38.0 Å². The highest BCUT2D eigenvalue weighted by Crippen LogP contribution is 2.37. The first-order valence-corrected chi connectivity index (χ1v) is 6.87. The first-order valence-electron chi connectivity index (χ1n) is 6.87. The van der Waals surface area contributed by atoms with E-state index in [0.717, 1.165) is 42.0 Å². The fourth-order valence-electron chi connectivity index (χ4n) is 3.74. The molecule has 0 radical (unpaired) electrons. The lowest BCUT2D eigenvalue weighted by molar-refractivity contribution is 0.229. The number of nitrogens with zero attached hydrogens (tertiary/aromatic N) is 4. The van der Waals surface area contributed by atoms with Crippen molar-refractivity contribution in [2.24, 2.45) is 18.9 Å². The highest BCUT2D eigenvalue weighted by Gasteiger charge is 2.33. The minimum Gasteiger partial charge on any atom is -0.355 e. The van der Waals surface area contributed by atoms with Gasteiger partial charge in [0.15, 0.2) is 0 Å². The summed E-state index contributed by atoms with van der Waals surface area (Å²) in [5.41, 5.74) is 1.61. The molecule has 2 bridgehead atoms. The molecule has 2 heterocycles. The van der Waals surface area contributed by atoms with Crippen LogP contribution >= 0.6 is 0 Å². The zero-order chi connectivity index (χ0) is 12.7. The van der Waals surface area contributed by atoms with E-state index in [-0.39, 0.29) is 0 Å². The number of nitriles is 1. The number of hydrogen-bond donors (Lipinski definition) is 0. The SMILES string of the molecule is Cc1nn(C)c(N2CC3CCCC(C3)C2)c1C#N. The Morgan fingerprint density at radius 2 is 1.94 bits per heavy atom. The summed E-state index contributed by atoms with van der Waals surface area (Å²) in [7, 11) is 1.95. The predicted octanol–water partition coefficient (Wildman–Crippen LogP) is 2.23. The summed E-state index contributed by atoms with van der Waals surface area (Å²) in [4.78, 5) is 2.40. The van der Waals surface area contributed by atoms with Crippen LogP contribution in [0.2, 0.25) is 0 Å². The van der Waals surface area contributed by atoms with E-state index in [0.29, 0.717) is 0 Å². The summed E-state index contributed by atoms with van der Waals surface area (Å²) >= 11 is 0. The fourth-order valence-corrected chi connectivity index (χ4v) is 3.74. The molecule has 1 saturated heterocycles. The lowest BCUT2D eigenvalue weighted by atomic mass is 9.78. The van der Waals surface area contributed by atoms with Gasteiger partial charge in [-0.3, -0.25) is 4.68 Å². The van der Waals surface area contributed by atoms with E-state index in [1.165, 1.54) is 25.7 Å². The number of rotatable bonds is 1. The molecule has 18 heavy (non-hydrogen) atoms. The van der Waals surface area contributed by atoms with Gasteiger partial charge in [0.25, 0.3) is 0 Å². The van der Waals surface area contributed by atoms with Gasteiger partial charge in [0.1, 0.15) is 17.5 Å². The number of piperidine rings is 1. The third kappa shape index (κ3) is 1.78. The minimum atomic E-state index is 0.762. The lowest BCUT2D eigenvalue weighted by Crippen LogP contribution is -2.43. The van der Waals surface area contributed by atoms with Gasteiger partial charge < -0.3 is 4.90 Å². The molecule has 1 aromatic rings. The molecule has 4 nitrogen and oxygen atoms in total. The summed E-state index contributed by atoms with van der Waals surface area (Å²) in [6, 6.07) is 2.32. The van der Waals surface area contributed by atoms with Gasteiger partial charge >= 0.3 is 0 Å². The molecular weight excluding hydrogens is 224 g/mol. The molecule has 1 aliphatic carbocycles. The first kappa shape index (κ1) is 11.6. The zero-order valence-corrected chi connectivity index (χ0v) is 11.2. The normalized spacial score (nSPS) is 27.1. The van der Waals surface area contributed by atoms with Crippen LogP contribution in [0.1, 0.15) is 36.9 Å². The molecule has 2 atom stereocenters. The van der Waals surface area contributed by atoms with Crippen LogP contribution in [0.3, 0.4) is 0 Å². The number of hydrogen-bond acceptors (Lipinski definition) is 3. The molecule has 2 aliphatic rings. The molecule has 1 saturated carbocycles. The molecule has 0 N–H and O–H groups in total. The molecule has 1 aliphatic heterocycles. The number of anilines is 1. The summed E-state index contributed by atoms with van der Waals surface area (Å²) < 4.78 is 1.88. The van der Waals surface area contributed by atoms with Crippen molar-refractivity contribution in [3.05, 3.63) is 11.3 Å². The average molecular weight is 244 g/mol. The van der Waals surface area contributed by atoms with Crippen molar-refractivity contribution in [1.29, 1.82) is 5.26 Å². The second-order valence-corrected chi connectivity index (χ2v) is 5.82. The van der Waals surface area contributed by atoms with Crippen LogP contribution in [-0.4, -0.2) is 22.9 Å². The quantitative estimate of drug-likeness (QED) is 0.761. The Hall–Kier alpha value is -1.50. The van der Waals surface area contributed by atoms with Gasteiger partial charge in [-0.15, -0.1) is 0 Å². The van der Waals surface area contributed by atoms with E-state index in [1.54, 1.807) is 0 Å². The Kier molecular flexibility index (Phi) is 2.77. The second kappa shape index (κ2) is 4.31. The standard InChI is InChI=1S/C14H20N4/c1-10-13(7-15)14(17(2)16-10)18-8-11-4-3-5-12(6-11)9-18/h11-12H,3-6,8-9H2,1-2H3. The number of aromatic nitrogens is 2. The van der Waals surface area contributed by atoms with Crippen LogP contribution in [0, 0.1) is 30.1 Å². The van der Waals surface area contributed by atoms with Crippen LogP contribution in [0.4, 0.5) is 5.82 Å². The van der Waals surface area contributed by atoms with Crippen molar-refractivity contribution in [3.8, 4) is 6.07 Å². The fraction of sp³-hybridized carbons (Fsp3) is 0.714. The number of fused-ring (bicyclic) bond motifs is 2. The van der Waals surface area contributed by atoms with E-state index in [4.69, 9.17) is 0 Å². The Bertz CT molecular complexity index is 485. The number of aryl methyl sites for hydroxylation is 2. The van der Waals surface area contributed by atoms with Gasteiger partial charge in [-0.2, -0.15) is 10.4 Å². The van der Waals surface area contributed by atoms with Crippen LogP contribution in [0.15, 0.2) is 0 Å². The highest BCUT2D eigenvalue weighted by atomic mass is 15.4. The third-order valence-electron chi connectivity index (χ3n) is 4.45. The Morgan fingerprint density at radius 1 is 1.28 bits per heavy atom. The molecule has 2 fully saturated rings. The molecule has 2 unspecified atom stereocenters. The molecule has 4 heteroatoms. The van der Waals surface area contributed by atoms with Crippen molar-refractivity contribution >= 4 is 5.82 Å². The van der Waals surface area contributed by atoms with E-state index in [2.05, 4.69) is 16.1 Å². The van der Waals surface area contributed by atoms with E-state index in [1.807, 2.05) is 18.7 Å². The molecule has 0 spiro atoms. The van der Waals surface area contributed by atoms with E-state index in [9.17, 15) is 5.26 Å². The van der Waals surface area contributed by atoms with Gasteiger partial charge in [0.2, 0.25) is 0 Å². The van der Waals surface area contributed by atoms with Gasteiger partial charge in [0, 0.05) is 20.1 Å². The molecular formula is C14H20N4. The molecule has 0 aromatic carbocycles. The summed E-state index contributed by atoms with van der Waals surface area (Å²) in [6.45, 7) is 4.13. The van der Waals surface area contributed by atoms with Crippen molar-refractivity contribution in [3.63, 3.8) is 0 Å². The predicted molar refractivity (Wildman–Crippen MR) is 70.3 cm³/mol. The lowest BCUT2D eigenvalue weighted by Gasteiger charge is -2.42. The maximum absolute atomic E-state index is 9.32. The Labute approximate surface area is 108 Å². The van der Waals surface area contributed by atoms with Crippen LogP contribution in [0.5, 0.6) is 0 Å². The van der Waals surface area contributed by atoms with E-state index < -0.39 is 0 Å². The van der Waals surface area contributed by atoms with Crippen molar-refractivity contribution in [2.75, 3.05) is 18.0 Å². The summed E-state index contributed by atoms with van der Waals surface area (Å²) in [5.74, 6) is 2.67. The minimum absolute atomic E-state index is 0.762. The maximum atomic E-state index is 9.32. The smallest absolute Gasteiger partial charge is 0.144 e. The Balaban J connectivity index is 1.93. The second-order valence-electron chi connectivity index (χ2n) is 5.82. The van der Waals surface area contributed by atoms with Crippen molar-refractivity contribution < 1.29 is 0 Å². The van der Waals surface area contributed by atoms with Crippen LogP contribution < -0.4 is 4.90 Å². The van der Waals surface area contributed by atoms with Gasteiger partial charge in [0.05, 0.1) is 5.69 Å². The first-order chi connectivity index (χ1) is 8.69. The molecule has 1 aromatic heterocycles. The van der Waals surface area contributed by atoms with Gasteiger partial charge in [-0.1, -0.05) is 6.42 Å². The van der Waals surface area contributed by atoms with Crippen molar-refractivity contribution in [2.45, 2.75) is 32.6 Å². The maximum Gasteiger partial charge on any atom is 0.144 e. The third-order valence-corrected chi connectivity index (χ3v) is 4.45. The zero-order valence-electron chi connectivity index (χ0n) is 11.2. The monoisotopic (exact) mass is 244 g/mol. The Morgan fingerprint density at radius 3 is 2.56 bits per heavy atom. The van der Waals surface area contributed by atoms with Crippen LogP contribution in [-0.2, 0) is 7.05 Å². The topological polar surface area (TPSA) is 44.9 Å². The average Bonchev–Trinajstić information content (AvgIpc) is 2.62. The molecule has 0 amide bonds. The van der Waals surface area contributed by atoms with Crippen molar-refractivity contribution in [1.82, 2.24) is 9.78 Å². The molecule has 3 rings (SSSR count). The highest BCUT2D eigenvalue weighted by molar-refractivity contribution is 5.57. The largest absolute Gasteiger partial charge is 0.355 e. The summed E-state index contributed by atoms with van der Waals surface area (Å²) in [6.07, 6.45) is 5.48. The summed E-state index contributed by atoms with van der Waals surface area (Å²) in [5, 5.41) is 13.7. The van der Waals surface area contributed by atoms with Gasteiger partial charge in [-0.25, -0.2) is 0 Å². The van der Waals surface area contributed by atoms with E-state index >= 15 is 0 Å². The van der Waals surface area contributed by atoms with Crippen LogP contribution in [0.25, 0.3) is 0 Å². The molecule has 96 valence electrons.